The summed E-state index contributed by atoms with van der Waals surface area (Å²) in [5, 5.41) is 3.65. The molecular weight excluding hydrogens is 250 g/mol. The van der Waals surface area contributed by atoms with Gasteiger partial charge < -0.3 is 14.8 Å². The van der Waals surface area contributed by atoms with Gasteiger partial charge in [0.25, 0.3) is 0 Å². The van der Waals surface area contributed by atoms with E-state index in [0.717, 1.165) is 25.6 Å². The minimum Gasteiger partial charge on any atom is -0.382 e. The van der Waals surface area contributed by atoms with Gasteiger partial charge in [-0.25, -0.2) is 0 Å². The highest BCUT2D eigenvalue weighted by molar-refractivity contribution is 5.25. The van der Waals surface area contributed by atoms with Gasteiger partial charge in [-0.15, -0.1) is 0 Å². The summed E-state index contributed by atoms with van der Waals surface area (Å²) in [6.45, 7) is 5.38. The Morgan fingerprint density at radius 1 is 1.25 bits per heavy atom. The molecule has 0 bridgehead atoms. The highest BCUT2D eigenvalue weighted by Gasteiger charge is 2.22. The second-order valence-electron chi connectivity index (χ2n) is 5.69. The fourth-order valence-electron chi connectivity index (χ4n) is 2.38. The van der Waals surface area contributed by atoms with Crippen LogP contribution in [0.5, 0.6) is 0 Å². The molecule has 1 aliphatic carbocycles. The van der Waals surface area contributed by atoms with Crippen LogP contribution >= 0.6 is 0 Å². The number of ether oxygens (including phenoxy) is 2. The van der Waals surface area contributed by atoms with Gasteiger partial charge in [0.2, 0.25) is 0 Å². The first-order valence-corrected chi connectivity index (χ1v) is 7.66. The number of hydrogen-bond donors (Lipinski definition) is 1. The van der Waals surface area contributed by atoms with Crippen LogP contribution in [0, 0.1) is 6.92 Å². The third-order valence-corrected chi connectivity index (χ3v) is 3.79. The number of hydrogen-bond acceptors (Lipinski definition) is 3. The molecule has 0 heterocycles. The van der Waals surface area contributed by atoms with Crippen LogP contribution in [0.2, 0.25) is 0 Å². The van der Waals surface area contributed by atoms with Crippen LogP contribution in [0.3, 0.4) is 0 Å². The molecule has 0 spiro atoms. The zero-order chi connectivity index (χ0) is 14.2. The minimum atomic E-state index is 0.540. The van der Waals surface area contributed by atoms with Crippen molar-refractivity contribution >= 4 is 0 Å². The van der Waals surface area contributed by atoms with E-state index in [0.29, 0.717) is 19.1 Å². The summed E-state index contributed by atoms with van der Waals surface area (Å²) in [5.41, 5.74) is 2.76. The molecule has 1 N–H and O–H groups in total. The molecule has 2 rings (SSSR count). The van der Waals surface area contributed by atoms with Crippen molar-refractivity contribution in [1.82, 2.24) is 5.32 Å². The van der Waals surface area contributed by atoms with E-state index in [-0.39, 0.29) is 0 Å². The van der Waals surface area contributed by atoms with Crippen molar-refractivity contribution in [2.45, 2.75) is 38.1 Å². The van der Waals surface area contributed by atoms with Gasteiger partial charge in [-0.05, 0) is 37.7 Å². The molecule has 112 valence electrons. The molecule has 1 atom stereocenters. The fourth-order valence-corrected chi connectivity index (χ4v) is 2.38. The molecule has 0 amide bonds. The van der Waals surface area contributed by atoms with E-state index in [9.17, 15) is 0 Å². The summed E-state index contributed by atoms with van der Waals surface area (Å²) < 4.78 is 10.6. The van der Waals surface area contributed by atoms with Gasteiger partial charge in [0.15, 0.2) is 0 Å². The topological polar surface area (TPSA) is 30.5 Å². The summed E-state index contributed by atoms with van der Waals surface area (Å²) in [6, 6.07) is 9.61. The third kappa shape index (κ3) is 5.61. The predicted molar refractivity (Wildman–Crippen MR) is 82.3 cm³/mol. The van der Waals surface area contributed by atoms with Gasteiger partial charge in [0.1, 0.15) is 0 Å². The second kappa shape index (κ2) is 8.40. The molecule has 3 heteroatoms. The zero-order valence-corrected chi connectivity index (χ0v) is 12.7. The standard InChI is InChI=1S/C17H27NO2/c1-14-4-3-5-15(12-14)16(13-18-17-6-7-17)8-9-20-11-10-19-2/h3-5,12,16-18H,6-11,13H2,1-2H3. The Morgan fingerprint density at radius 2 is 2.10 bits per heavy atom. The zero-order valence-electron chi connectivity index (χ0n) is 12.7. The molecule has 0 saturated heterocycles. The maximum Gasteiger partial charge on any atom is 0.0700 e. The summed E-state index contributed by atoms with van der Waals surface area (Å²) in [5.74, 6) is 0.540. The Morgan fingerprint density at radius 3 is 2.80 bits per heavy atom. The first-order valence-electron chi connectivity index (χ1n) is 7.66. The quantitative estimate of drug-likeness (QED) is 0.667. The highest BCUT2D eigenvalue weighted by atomic mass is 16.5. The lowest BCUT2D eigenvalue weighted by Crippen LogP contribution is -2.24. The Balaban J connectivity index is 1.82. The fraction of sp³-hybridized carbons (Fsp3) is 0.647. The van der Waals surface area contributed by atoms with Gasteiger partial charge >= 0.3 is 0 Å². The van der Waals surface area contributed by atoms with Crippen molar-refractivity contribution in [3.8, 4) is 0 Å². The monoisotopic (exact) mass is 277 g/mol. The Bertz CT molecular complexity index is 390. The molecule has 1 saturated carbocycles. The lowest BCUT2D eigenvalue weighted by Gasteiger charge is -2.19. The van der Waals surface area contributed by atoms with Gasteiger partial charge in [-0.3, -0.25) is 0 Å². The number of nitrogens with one attached hydrogen (secondary N) is 1. The van der Waals surface area contributed by atoms with Crippen LogP contribution < -0.4 is 5.32 Å². The Labute approximate surface area is 122 Å². The molecule has 0 radical (unpaired) electrons. The van der Waals surface area contributed by atoms with Gasteiger partial charge in [-0.1, -0.05) is 29.8 Å². The lowest BCUT2D eigenvalue weighted by molar-refractivity contribution is 0.0669. The van der Waals surface area contributed by atoms with Gasteiger partial charge in [-0.2, -0.15) is 0 Å². The lowest BCUT2D eigenvalue weighted by atomic mass is 9.94. The smallest absolute Gasteiger partial charge is 0.0700 e. The molecule has 1 unspecified atom stereocenters. The van der Waals surface area contributed by atoms with Crippen molar-refractivity contribution in [3.63, 3.8) is 0 Å². The largest absolute Gasteiger partial charge is 0.382 e. The average molecular weight is 277 g/mol. The third-order valence-electron chi connectivity index (χ3n) is 3.79. The molecule has 1 aromatic carbocycles. The maximum absolute atomic E-state index is 5.63. The van der Waals surface area contributed by atoms with Crippen LogP contribution in [0.15, 0.2) is 24.3 Å². The number of aryl methyl sites for hydroxylation is 1. The van der Waals surface area contributed by atoms with Crippen molar-refractivity contribution in [2.75, 3.05) is 33.5 Å². The minimum absolute atomic E-state index is 0.540. The molecule has 0 aliphatic heterocycles. The summed E-state index contributed by atoms with van der Waals surface area (Å²) in [4.78, 5) is 0. The molecular formula is C17H27NO2. The van der Waals surface area contributed by atoms with E-state index >= 15 is 0 Å². The summed E-state index contributed by atoms with van der Waals surface area (Å²) in [6.07, 6.45) is 3.74. The molecule has 1 aromatic rings. The number of methoxy groups -OCH3 is 1. The predicted octanol–water partition coefficient (Wildman–Crippen LogP) is 2.88. The van der Waals surface area contributed by atoms with Crippen LogP contribution in [0.4, 0.5) is 0 Å². The van der Waals surface area contributed by atoms with Crippen molar-refractivity contribution in [2.24, 2.45) is 0 Å². The van der Waals surface area contributed by atoms with E-state index in [1.54, 1.807) is 7.11 Å². The van der Waals surface area contributed by atoms with Crippen LogP contribution in [-0.4, -0.2) is 39.5 Å². The summed E-state index contributed by atoms with van der Waals surface area (Å²) >= 11 is 0. The van der Waals surface area contributed by atoms with E-state index in [1.807, 2.05) is 0 Å². The van der Waals surface area contributed by atoms with Gasteiger partial charge in [0.05, 0.1) is 13.2 Å². The highest BCUT2D eigenvalue weighted by Crippen LogP contribution is 2.24. The first-order chi connectivity index (χ1) is 9.79. The number of rotatable bonds is 10. The van der Waals surface area contributed by atoms with E-state index in [1.165, 1.54) is 24.0 Å². The van der Waals surface area contributed by atoms with E-state index in [2.05, 4.69) is 36.5 Å². The Hall–Kier alpha value is -0.900. The SMILES string of the molecule is COCCOCCC(CNC1CC1)c1cccc(C)c1. The first kappa shape index (κ1) is 15.5. The second-order valence-corrected chi connectivity index (χ2v) is 5.69. The van der Waals surface area contributed by atoms with Crippen molar-refractivity contribution in [3.05, 3.63) is 35.4 Å². The van der Waals surface area contributed by atoms with E-state index < -0.39 is 0 Å². The van der Waals surface area contributed by atoms with E-state index in [4.69, 9.17) is 9.47 Å². The van der Waals surface area contributed by atoms with Crippen molar-refractivity contribution in [1.29, 1.82) is 0 Å². The van der Waals surface area contributed by atoms with Crippen molar-refractivity contribution < 1.29 is 9.47 Å². The van der Waals surface area contributed by atoms with Crippen LogP contribution in [0.25, 0.3) is 0 Å². The van der Waals surface area contributed by atoms with Gasteiger partial charge in [0, 0.05) is 26.3 Å². The normalized spacial score (nSPS) is 16.3. The molecule has 20 heavy (non-hydrogen) atoms. The molecule has 1 aliphatic rings. The number of benzene rings is 1. The molecule has 1 fully saturated rings. The average Bonchev–Trinajstić information content (AvgIpc) is 3.26. The molecule has 0 aromatic heterocycles. The maximum atomic E-state index is 5.63. The Kier molecular flexibility index (Phi) is 6.51. The van der Waals surface area contributed by atoms with Crippen LogP contribution in [-0.2, 0) is 9.47 Å². The summed E-state index contributed by atoms with van der Waals surface area (Å²) in [7, 11) is 1.71. The van der Waals surface area contributed by atoms with Crippen LogP contribution in [0.1, 0.15) is 36.3 Å². The molecule has 3 nitrogen and oxygen atoms in total.